The molecule has 110 valence electrons. The molecule has 21 heavy (non-hydrogen) atoms. The second kappa shape index (κ2) is 6.29. The minimum absolute atomic E-state index is 0.248. The number of carbonyl (C=O) groups is 1. The van der Waals surface area contributed by atoms with E-state index in [-0.39, 0.29) is 11.5 Å². The van der Waals surface area contributed by atoms with Crippen LogP contribution in [-0.2, 0) is 6.18 Å². The van der Waals surface area contributed by atoms with Crippen molar-refractivity contribution in [1.82, 2.24) is 4.98 Å². The summed E-state index contributed by atoms with van der Waals surface area (Å²) in [5.74, 6) is 0.248. The first-order chi connectivity index (χ1) is 9.86. The molecule has 0 atom stereocenters. The van der Waals surface area contributed by atoms with Gasteiger partial charge >= 0.3 is 12.2 Å². The van der Waals surface area contributed by atoms with Crippen LogP contribution in [0, 0.1) is 3.57 Å². The van der Waals surface area contributed by atoms with Crippen LogP contribution >= 0.6 is 22.6 Å². The van der Waals surface area contributed by atoms with Crippen LogP contribution in [-0.4, -0.2) is 11.0 Å². The van der Waals surface area contributed by atoms with Gasteiger partial charge in [0.2, 0.25) is 0 Å². The molecule has 2 amide bonds. The van der Waals surface area contributed by atoms with Crippen LogP contribution in [0.1, 0.15) is 5.56 Å². The van der Waals surface area contributed by atoms with Gasteiger partial charge in [-0.05, 0) is 46.9 Å². The van der Waals surface area contributed by atoms with Gasteiger partial charge in [-0.2, -0.15) is 13.2 Å². The summed E-state index contributed by atoms with van der Waals surface area (Å²) in [6.07, 6.45) is -3.01. The Kier molecular flexibility index (Phi) is 4.66. The van der Waals surface area contributed by atoms with Gasteiger partial charge in [0.05, 0.1) is 11.3 Å². The number of aromatic nitrogens is 1. The first-order valence-corrected chi connectivity index (χ1v) is 6.80. The molecule has 0 saturated heterocycles. The number of anilines is 2. The van der Waals surface area contributed by atoms with E-state index in [1.165, 1.54) is 24.4 Å². The van der Waals surface area contributed by atoms with Crippen molar-refractivity contribution in [2.75, 3.05) is 10.6 Å². The van der Waals surface area contributed by atoms with Crippen molar-refractivity contribution in [3.63, 3.8) is 0 Å². The lowest BCUT2D eigenvalue weighted by Gasteiger charge is -2.13. The Morgan fingerprint density at radius 3 is 2.43 bits per heavy atom. The molecule has 8 heteroatoms. The predicted octanol–water partition coefficient (Wildman–Crippen LogP) is 4.35. The number of halogens is 4. The Hall–Kier alpha value is -1.84. The summed E-state index contributed by atoms with van der Waals surface area (Å²) in [7, 11) is 0. The molecule has 0 aliphatic heterocycles. The minimum Gasteiger partial charge on any atom is -0.307 e. The molecule has 0 unspecified atom stereocenters. The van der Waals surface area contributed by atoms with Crippen molar-refractivity contribution in [2.45, 2.75) is 6.18 Å². The fourth-order valence-electron chi connectivity index (χ4n) is 1.56. The maximum absolute atomic E-state index is 12.8. The topological polar surface area (TPSA) is 54.0 Å². The molecule has 1 heterocycles. The normalized spacial score (nSPS) is 11.0. The second-order valence-corrected chi connectivity index (χ2v) is 5.23. The summed E-state index contributed by atoms with van der Waals surface area (Å²) >= 11 is 2.05. The first-order valence-electron chi connectivity index (χ1n) is 5.72. The van der Waals surface area contributed by atoms with E-state index in [0.29, 0.717) is 0 Å². The number of pyridine rings is 1. The molecule has 0 fully saturated rings. The van der Waals surface area contributed by atoms with Crippen LogP contribution < -0.4 is 10.6 Å². The fraction of sp³-hybridized carbons (Fsp3) is 0.0769. The molecule has 4 nitrogen and oxygen atoms in total. The Balaban J connectivity index is 2.11. The van der Waals surface area contributed by atoms with Gasteiger partial charge in [0.25, 0.3) is 0 Å². The van der Waals surface area contributed by atoms with E-state index in [0.717, 1.165) is 9.64 Å². The van der Waals surface area contributed by atoms with E-state index in [9.17, 15) is 18.0 Å². The van der Waals surface area contributed by atoms with E-state index in [2.05, 4.69) is 15.6 Å². The summed E-state index contributed by atoms with van der Waals surface area (Å²) in [6.45, 7) is 0. The number of carbonyl (C=O) groups excluding carboxylic acids is 1. The van der Waals surface area contributed by atoms with Crippen molar-refractivity contribution in [2.24, 2.45) is 0 Å². The van der Waals surface area contributed by atoms with Crippen molar-refractivity contribution in [3.05, 3.63) is 51.7 Å². The predicted molar refractivity (Wildman–Crippen MR) is 81.0 cm³/mol. The Morgan fingerprint density at radius 2 is 1.81 bits per heavy atom. The molecule has 0 saturated carbocycles. The molecule has 0 bridgehead atoms. The summed E-state index contributed by atoms with van der Waals surface area (Å²) in [6, 6.07) is 7.23. The molecule has 1 aromatic heterocycles. The minimum atomic E-state index is -4.54. The summed E-state index contributed by atoms with van der Waals surface area (Å²) in [5.41, 5.74) is -1.22. The molecule has 2 aromatic rings. The zero-order chi connectivity index (χ0) is 15.5. The number of hydrogen-bond acceptors (Lipinski definition) is 2. The second-order valence-electron chi connectivity index (χ2n) is 3.98. The lowest BCUT2D eigenvalue weighted by Crippen LogP contribution is -2.22. The summed E-state index contributed by atoms with van der Waals surface area (Å²) in [4.78, 5) is 15.6. The van der Waals surface area contributed by atoms with Crippen molar-refractivity contribution in [3.8, 4) is 0 Å². The van der Waals surface area contributed by atoms with Gasteiger partial charge < -0.3 is 5.32 Å². The van der Waals surface area contributed by atoms with Crippen molar-refractivity contribution >= 4 is 40.1 Å². The van der Waals surface area contributed by atoms with E-state index in [1.54, 1.807) is 12.1 Å². The lowest BCUT2D eigenvalue weighted by molar-refractivity contribution is -0.136. The highest BCUT2D eigenvalue weighted by Gasteiger charge is 2.33. The average Bonchev–Trinajstić information content (AvgIpc) is 2.41. The third-order valence-electron chi connectivity index (χ3n) is 2.45. The largest absolute Gasteiger partial charge is 0.418 e. The molecule has 0 aliphatic carbocycles. The number of amides is 2. The lowest BCUT2D eigenvalue weighted by atomic mass is 10.1. The van der Waals surface area contributed by atoms with Gasteiger partial charge in [-0.3, -0.25) is 5.32 Å². The molecule has 0 aliphatic rings. The number of nitrogens with one attached hydrogen (secondary N) is 2. The van der Waals surface area contributed by atoms with Crippen LogP contribution in [0.3, 0.4) is 0 Å². The quantitative estimate of drug-likeness (QED) is 0.728. The van der Waals surface area contributed by atoms with Crippen LogP contribution in [0.25, 0.3) is 0 Å². The molecular formula is C13H9F3IN3O. The highest BCUT2D eigenvalue weighted by Crippen LogP contribution is 2.34. The van der Waals surface area contributed by atoms with Gasteiger partial charge in [-0.15, -0.1) is 0 Å². The number of nitrogens with zero attached hydrogens (tertiary/aromatic N) is 1. The van der Waals surface area contributed by atoms with Crippen LogP contribution in [0.5, 0.6) is 0 Å². The van der Waals surface area contributed by atoms with Gasteiger partial charge in [0.15, 0.2) is 0 Å². The van der Waals surface area contributed by atoms with E-state index in [1.807, 2.05) is 22.6 Å². The maximum Gasteiger partial charge on any atom is 0.418 e. The first kappa shape index (κ1) is 15.5. The molecule has 1 aromatic carbocycles. The van der Waals surface area contributed by atoms with Crippen LogP contribution in [0.15, 0.2) is 42.6 Å². The zero-order valence-corrected chi connectivity index (χ0v) is 12.6. The summed E-state index contributed by atoms with van der Waals surface area (Å²) < 4.78 is 39.2. The van der Waals surface area contributed by atoms with E-state index >= 15 is 0 Å². The number of rotatable bonds is 2. The Morgan fingerprint density at radius 1 is 1.10 bits per heavy atom. The maximum atomic E-state index is 12.8. The number of para-hydroxylation sites is 1. The molecule has 2 N–H and O–H groups in total. The molecule has 2 rings (SSSR count). The molecular weight excluding hydrogens is 398 g/mol. The number of benzene rings is 1. The SMILES string of the molecule is O=C(Nc1ccc(I)cn1)Nc1ccccc1C(F)(F)F. The number of urea groups is 1. The third kappa shape index (κ3) is 4.31. The van der Waals surface area contributed by atoms with Crippen LogP contribution in [0.2, 0.25) is 0 Å². The highest BCUT2D eigenvalue weighted by atomic mass is 127. The van der Waals surface area contributed by atoms with Gasteiger partial charge in [-0.1, -0.05) is 12.1 Å². The van der Waals surface area contributed by atoms with Gasteiger partial charge in [0, 0.05) is 9.77 Å². The van der Waals surface area contributed by atoms with Crippen molar-refractivity contribution < 1.29 is 18.0 Å². The average molecular weight is 407 g/mol. The number of hydrogen-bond donors (Lipinski definition) is 2. The molecule has 0 radical (unpaired) electrons. The van der Waals surface area contributed by atoms with Gasteiger partial charge in [0.1, 0.15) is 5.82 Å². The monoisotopic (exact) mass is 407 g/mol. The van der Waals surface area contributed by atoms with E-state index in [4.69, 9.17) is 0 Å². The van der Waals surface area contributed by atoms with Crippen LogP contribution in [0.4, 0.5) is 29.5 Å². The standard InChI is InChI=1S/C13H9F3IN3O/c14-13(15,16)9-3-1-2-4-10(9)19-12(21)20-11-6-5-8(17)7-18-11/h1-7H,(H2,18,19,20,21). The van der Waals surface area contributed by atoms with E-state index < -0.39 is 17.8 Å². The fourth-order valence-corrected chi connectivity index (χ4v) is 1.88. The third-order valence-corrected chi connectivity index (χ3v) is 3.09. The zero-order valence-electron chi connectivity index (χ0n) is 10.4. The van der Waals surface area contributed by atoms with Gasteiger partial charge in [-0.25, -0.2) is 9.78 Å². The number of alkyl halides is 3. The highest BCUT2D eigenvalue weighted by molar-refractivity contribution is 14.1. The Labute approximate surface area is 131 Å². The molecule has 0 spiro atoms. The Bertz CT molecular complexity index is 644. The summed E-state index contributed by atoms with van der Waals surface area (Å²) in [5, 5.41) is 4.53. The smallest absolute Gasteiger partial charge is 0.307 e. The van der Waals surface area contributed by atoms with Crippen molar-refractivity contribution in [1.29, 1.82) is 0 Å².